The molecule has 20 heavy (non-hydrogen) atoms. The number of hydrogen-bond donors (Lipinski definition) is 1. The van der Waals surface area contributed by atoms with Crippen molar-refractivity contribution in [3.05, 3.63) is 0 Å². The van der Waals surface area contributed by atoms with E-state index in [2.05, 4.69) is 31.0 Å². The first-order chi connectivity index (χ1) is 9.58. The van der Waals surface area contributed by atoms with Crippen LogP contribution in [-0.4, -0.2) is 49.2 Å². The smallest absolute Gasteiger partial charge is 0.323 e. The van der Waals surface area contributed by atoms with E-state index in [1.54, 1.807) is 0 Å². The van der Waals surface area contributed by atoms with Crippen molar-refractivity contribution in [2.45, 2.75) is 65.5 Å². The Labute approximate surface area is 124 Å². The Hall–Kier alpha value is -0.610. The number of carbonyl (C=O) groups is 1. The van der Waals surface area contributed by atoms with E-state index in [-0.39, 0.29) is 12.0 Å². The lowest BCUT2D eigenvalue weighted by atomic mass is 10.1. The van der Waals surface area contributed by atoms with Gasteiger partial charge in [-0.15, -0.1) is 0 Å². The minimum absolute atomic E-state index is 0.0961. The molecule has 0 saturated heterocycles. The molecule has 1 saturated carbocycles. The average molecular weight is 284 g/mol. The van der Waals surface area contributed by atoms with Gasteiger partial charge in [-0.05, 0) is 45.1 Å². The van der Waals surface area contributed by atoms with Crippen molar-refractivity contribution in [1.82, 2.24) is 10.2 Å². The number of nitrogens with zero attached hydrogens (tertiary/aromatic N) is 1. The van der Waals surface area contributed by atoms with Crippen LogP contribution in [0.5, 0.6) is 0 Å². The second-order valence-electron chi connectivity index (χ2n) is 6.17. The minimum Gasteiger partial charge on any atom is -0.465 e. The van der Waals surface area contributed by atoms with Gasteiger partial charge in [0.25, 0.3) is 0 Å². The summed E-state index contributed by atoms with van der Waals surface area (Å²) in [5, 5.41) is 3.32. The van der Waals surface area contributed by atoms with E-state index in [1.807, 2.05) is 6.92 Å². The summed E-state index contributed by atoms with van der Waals surface area (Å²) in [7, 11) is 0. The van der Waals surface area contributed by atoms with Crippen LogP contribution in [0.2, 0.25) is 0 Å². The molecule has 1 unspecified atom stereocenters. The summed E-state index contributed by atoms with van der Waals surface area (Å²) in [4.78, 5) is 14.5. The molecule has 0 aromatic carbocycles. The third-order valence-electron chi connectivity index (χ3n) is 3.58. The van der Waals surface area contributed by atoms with Crippen LogP contribution in [0.4, 0.5) is 0 Å². The molecule has 0 radical (unpaired) electrons. The van der Waals surface area contributed by atoms with Crippen LogP contribution in [0.1, 0.15) is 53.4 Å². The van der Waals surface area contributed by atoms with Crippen LogP contribution in [0, 0.1) is 5.92 Å². The Morgan fingerprint density at radius 1 is 1.35 bits per heavy atom. The largest absolute Gasteiger partial charge is 0.465 e. The number of nitrogens with one attached hydrogen (secondary N) is 1. The van der Waals surface area contributed by atoms with Gasteiger partial charge in [-0.25, -0.2) is 0 Å². The summed E-state index contributed by atoms with van der Waals surface area (Å²) in [5.41, 5.74) is 0. The molecule has 1 fully saturated rings. The van der Waals surface area contributed by atoms with E-state index >= 15 is 0 Å². The molecule has 1 atom stereocenters. The fourth-order valence-electron chi connectivity index (χ4n) is 2.49. The Morgan fingerprint density at radius 2 is 2.05 bits per heavy atom. The van der Waals surface area contributed by atoms with Crippen molar-refractivity contribution in [3.8, 4) is 0 Å². The van der Waals surface area contributed by atoms with Crippen molar-refractivity contribution >= 4 is 5.97 Å². The lowest BCUT2D eigenvalue weighted by Crippen LogP contribution is -2.42. The second-order valence-corrected chi connectivity index (χ2v) is 6.17. The Morgan fingerprint density at radius 3 is 2.55 bits per heavy atom. The normalized spacial score (nSPS) is 16.7. The van der Waals surface area contributed by atoms with E-state index in [0.717, 1.165) is 38.5 Å². The second kappa shape index (κ2) is 9.35. The number of esters is 1. The maximum atomic E-state index is 12.0. The van der Waals surface area contributed by atoms with Crippen LogP contribution in [0.3, 0.4) is 0 Å². The maximum absolute atomic E-state index is 12.0. The fraction of sp³-hybridized carbons (Fsp3) is 0.938. The van der Waals surface area contributed by atoms with Crippen LogP contribution >= 0.6 is 0 Å². The molecule has 0 aromatic heterocycles. The molecule has 118 valence electrons. The van der Waals surface area contributed by atoms with E-state index in [4.69, 9.17) is 4.74 Å². The molecular weight excluding hydrogens is 252 g/mol. The summed E-state index contributed by atoms with van der Waals surface area (Å²) in [6.45, 7) is 11.9. The van der Waals surface area contributed by atoms with Gasteiger partial charge in [0.1, 0.15) is 6.04 Å². The zero-order chi connectivity index (χ0) is 15.0. The van der Waals surface area contributed by atoms with Crippen molar-refractivity contribution in [2.24, 2.45) is 5.92 Å². The highest BCUT2D eigenvalue weighted by Gasteiger charge is 2.30. The fourth-order valence-corrected chi connectivity index (χ4v) is 2.49. The molecule has 1 N–H and O–H groups in total. The SMILES string of the molecule is CCCNC(CCN(CC(C)C)C1CC1)C(=O)OCC. The van der Waals surface area contributed by atoms with Crippen LogP contribution in [0.15, 0.2) is 0 Å². The Kier molecular flexibility index (Phi) is 8.15. The molecule has 1 aliphatic carbocycles. The van der Waals surface area contributed by atoms with E-state index in [0.29, 0.717) is 12.5 Å². The molecule has 0 amide bonds. The highest BCUT2D eigenvalue weighted by molar-refractivity contribution is 5.75. The lowest BCUT2D eigenvalue weighted by Gasteiger charge is -2.26. The van der Waals surface area contributed by atoms with Crippen LogP contribution in [-0.2, 0) is 9.53 Å². The quantitative estimate of drug-likeness (QED) is 0.592. The summed E-state index contributed by atoms with van der Waals surface area (Å²) in [5.74, 6) is 0.585. The number of hydrogen-bond acceptors (Lipinski definition) is 4. The third kappa shape index (κ3) is 6.71. The number of carbonyl (C=O) groups excluding carboxylic acids is 1. The van der Waals surface area contributed by atoms with E-state index in [1.165, 1.54) is 12.8 Å². The molecule has 4 nitrogen and oxygen atoms in total. The van der Waals surface area contributed by atoms with Gasteiger partial charge in [-0.2, -0.15) is 0 Å². The molecular formula is C16H32N2O2. The zero-order valence-corrected chi connectivity index (χ0v) is 13.7. The highest BCUT2D eigenvalue weighted by Crippen LogP contribution is 2.27. The summed E-state index contributed by atoms with van der Waals surface area (Å²) < 4.78 is 5.17. The maximum Gasteiger partial charge on any atom is 0.323 e. The molecule has 0 spiro atoms. The van der Waals surface area contributed by atoms with Gasteiger partial charge in [-0.3, -0.25) is 4.79 Å². The monoisotopic (exact) mass is 284 g/mol. The number of ether oxygens (including phenoxy) is 1. The first-order valence-corrected chi connectivity index (χ1v) is 8.22. The standard InChI is InChI=1S/C16H32N2O2/c1-5-10-17-15(16(19)20-6-2)9-11-18(12-13(3)4)14-7-8-14/h13-15,17H,5-12H2,1-4H3. The average Bonchev–Trinajstić information content (AvgIpc) is 3.21. The Bertz CT molecular complexity index is 278. The van der Waals surface area contributed by atoms with Gasteiger partial charge in [0.15, 0.2) is 0 Å². The van der Waals surface area contributed by atoms with Gasteiger partial charge in [0.05, 0.1) is 6.61 Å². The van der Waals surface area contributed by atoms with E-state index < -0.39 is 0 Å². The molecule has 0 aromatic rings. The lowest BCUT2D eigenvalue weighted by molar-refractivity contribution is -0.146. The number of rotatable bonds is 11. The molecule has 0 bridgehead atoms. The summed E-state index contributed by atoms with van der Waals surface area (Å²) in [6, 6.07) is 0.606. The molecule has 0 heterocycles. The summed E-state index contributed by atoms with van der Waals surface area (Å²) in [6.07, 6.45) is 4.52. The van der Waals surface area contributed by atoms with Gasteiger partial charge in [0.2, 0.25) is 0 Å². The van der Waals surface area contributed by atoms with Crippen molar-refractivity contribution in [3.63, 3.8) is 0 Å². The predicted octanol–water partition coefficient (Wildman–Crippen LogP) is 2.43. The van der Waals surface area contributed by atoms with Crippen molar-refractivity contribution in [2.75, 3.05) is 26.2 Å². The van der Waals surface area contributed by atoms with Gasteiger partial charge < -0.3 is 15.0 Å². The van der Waals surface area contributed by atoms with Gasteiger partial charge in [0, 0.05) is 19.1 Å². The van der Waals surface area contributed by atoms with Crippen LogP contribution in [0.25, 0.3) is 0 Å². The molecule has 4 heteroatoms. The van der Waals surface area contributed by atoms with E-state index in [9.17, 15) is 4.79 Å². The first-order valence-electron chi connectivity index (χ1n) is 8.22. The molecule has 1 aliphatic rings. The van der Waals surface area contributed by atoms with Crippen LogP contribution < -0.4 is 5.32 Å². The molecule has 0 aliphatic heterocycles. The summed E-state index contributed by atoms with van der Waals surface area (Å²) >= 11 is 0. The predicted molar refractivity (Wildman–Crippen MR) is 82.8 cm³/mol. The first kappa shape index (κ1) is 17.4. The Balaban J connectivity index is 2.43. The molecule has 1 rings (SSSR count). The van der Waals surface area contributed by atoms with Crippen molar-refractivity contribution < 1.29 is 9.53 Å². The third-order valence-corrected chi connectivity index (χ3v) is 3.58. The zero-order valence-electron chi connectivity index (χ0n) is 13.7. The minimum atomic E-state index is -0.150. The van der Waals surface area contributed by atoms with Gasteiger partial charge in [-0.1, -0.05) is 20.8 Å². The highest BCUT2D eigenvalue weighted by atomic mass is 16.5. The topological polar surface area (TPSA) is 41.6 Å². The van der Waals surface area contributed by atoms with Gasteiger partial charge >= 0.3 is 5.97 Å². The van der Waals surface area contributed by atoms with Crippen molar-refractivity contribution in [1.29, 1.82) is 0 Å².